The van der Waals surface area contributed by atoms with E-state index in [2.05, 4.69) is 51.9 Å². The fourth-order valence-corrected chi connectivity index (χ4v) is 3.97. The first-order valence-corrected chi connectivity index (χ1v) is 11.2. The first kappa shape index (κ1) is 20.0. The number of nitrogens with one attached hydrogen (secondary N) is 2. The monoisotopic (exact) mass is 417 g/mol. The summed E-state index contributed by atoms with van der Waals surface area (Å²) in [4.78, 5) is 20.4. The number of carbonyl (C=O) groups excluding carboxylic acids is 1. The molecular formula is C24H23N3O2S. The highest BCUT2D eigenvalue weighted by molar-refractivity contribution is 7.83. The van der Waals surface area contributed by atoms with Crippen LogP contribution in [0.5, 0.6) is 0 Å². The van der Waals surface area contributed by atoms with Gasteiger partial charge < -0.3 is 4.98 Å². The van der Waals surface area contributed by atoms with Crippen molar-refractivity contribution in [2.24, 2.45) is 0 Å². The average molecular weight is 418 g/mol. The Kier molecular flexibility index (Phi) is 5.77. The number of aromatic nitrogens is 2. The Morgan fingerprint density at radius 1 is 1.07 bits per heavy atom. The molecule has 6 heteroatoms. The van der Waals surface area contributed by atoms with Gasteiger partial charge in [0.05, 0.1) is 5.69 Å². The van der Waals surface area contributed by atoms with Gasteiger partial charge in [0.15, 0.2) is 0 Å². The van der Waals surface area contributed by atoms with E-state index in [4.69, 9.17) is 0 Å². The zero-order valence-electron chi connectivity index (χ0n) is 16.9. The van der Waals surface area contributed by atoms with E-state index in [1.807, 2.05) is 30.3 Å². The van der Waals surface area contributed by atoms with Gasteiger partial charge in [-0.25, -0.2) is 9.19 Å². The summed E-state index contributed by atoms with van der Waals surface area (Å²) in [7, 11) is -1.39. The second-order valence-electron chi connectivity index (χ2n) is 7.15. The molecule has 30 heavy (non-hydrogen) atoms. The molecule has 4 rings (SSSR count). The molecule has 0 saturated carbocycles. The number of aryl methyl sites for hydroxylation is 1. The molecule has 0 radical (unpaired) electrons. The van der Waals surface area contributed by atoms with E-state index in [1.165, 1.54) is 5.56 Å². The number of rotatable bonds is 6. The van der Waals surface area contributed by atoms with E-state index in [0.29, 0.717) is 12.2 Å². The van der Waals surface area contributed by atoms with E-state index in [-0.39, 0.29) is 5.69 Å². The molecule has 0 aliphatic rings. The van der Waals surface area contributed by atoms with E-state index in [1.54, 1.807) is 13.0 Å². The predicted molar refractivity (Wildman–Crippen MR) is 122 cm³/mol. The van der Waals surface area contributed by atoms with E-state index in [9.17, 15) is 9.00 Å². The number of pyridine rings is 1. The molecule has 2 heterocycles. The molecule has 0 bridgehead atoms. The highest BCUT2D eigenvalue weighted by Gasteiger charge is 2.16. The Bertz CT molecular complexity index is 1230. The highest BCUT2D eigenvalue weighted by Crippen LogP contribution is 2.32. The van der Waals surface area contributed by atoms with Crippen molar-refractivity contribution in [3.05, 3.63) is 89.2 Å². The molecular weight excluding hydrogens is 394 g/mol. The second-order valence-corrected chi connectivity index (χ2v) is 8.62. The SMILES string of the molecule is CCS(=O)NC(=O)c1cccc(Cc2c(-c3ccccc3)[nH]c3cc(C)ccc23)n1. The van der Waals surface area contributed by atoms with Gasteiger partial charge in [0.1, 0.15) is 16.7 Å². The number of aromatic amines is 1. The average Bonchev–Trinajstić information content (AvgIpc) is 3.11. The normalized spacial score (nSPS) is 12.1. The summed E-state index contributed by atoms with van der Waals surface area (Å²) in [5, 5.41) is 1.14. The van der Waals surface area contributed by atoms with E-state index >= 15 is 0 Å². The number of hydrogen-bond donors (Lipinski definition) is 2. The summed E-state index contributed by atoms with van der Waals surface area (Å²) in [6.07, 6.45) is 0.575. The first-order chi connectivity index (χ1) is 14.5. The van der Waals surface area contributed by atoms with Crippen molar-refractivity contribution >= 4 is 27.8 Å². The van der Waals surface area contributed by atoms with Crippen LogP contribution in [0.15, 0.2) is 66.7 Å². The Balaban J connectivity index is 1.74. The molecule has 0 aliphatic carbocycles. The van der Waals surface area contributed by atoms with Gasteiger partial charge >= 0.3 is 0 Å². The third kappa shape index (κ3) is 4.19. The van der Waals surface area contributed by atoms with Gasteiger partial charge in [0, 0.05) is 28.8 Å². The zero-order valence-corrected chi connectivity index (χ0v) is 17.8. The Morgan fingerprint density at radius 3 is 2.63 bits per heavy atom. The third-order valence-electron chi connectivity index (χ3n) is 4.99. The number of benzene rings is 2. The quantitative estimate of drug-likeness (QED) is 0.484. The fraction of sp³-hybridized carbons (Fsp3) is 0.167. The molecule has 5 nitrogen and oxygen atoms in total. The van der Waals surface area contributed by atoms with Crippen LogP contribution in [0, 0.1) is 6.92 Å². The van der Waals surface area contributed by atoms with Gasteiger partial charge in [0.25, 0.3) is 5.91 Å². The van der Waals surface area contributed by atoms with Crippen molar-refractivity contribution in [3.8, 4) is 11.3 Å². The fourth-order valence-electron chi connectivity index (χ4n) is 3.52. The number of hydrogen-bond acceptors (Lipinski definition) is 3. The van der Waals surface area contributed by atoms with Gasteiger partial charge in [-0.1, -0.05) is 55.5 Å². The predicted octanol–water partition coefficient (Wildman–Crippen LogP) is 4.54. The van der Waals surface area contributed by atoms with E-state index < -0.39 is 16.9 Å². The molecule has 1 amide bonds. The number of H-pyrrole nitrogens is 1. The summed E-state index contributed by atoms with van der Waals surface area (Å²) in [6.45, 7) is 3.83. The number of carbonyl (C=O) groups is 1. The van der Waals surface area contributed by atoms with Crippen molar-refractivity contribution in [2.45, 2.75) is 20.3 Å². The topological polar surface area (TPSA) is 74.8 Å². The molecule has 0 saturated heterocycles. The van der Waals surface area contributed by atoms with Gasteiger partial charge in [-0.3, -0.25) is 9.52 Å². The van der Waals surface area contributed by atoms with Crippen LogP contribution in [0.1, 0.15) is 34.2 Å². The van der Waals surface area contributed by atoms with Crippen LogP contribution in [0.3, 0.4) is 0 Å². The lowest BCUT2D eigenvalue weighted by Gasteiger charge is -2.08. The van der Waals surface area contributed by atoms with Crippen molar-refractivity contribution < 1.29 is 9.00 Å². The lowest BCUT2D eigenvalue weighted by atomic mass is 10.0. The smallest absolute Gasteiger partial charge is 0.281 e. The zero-order chi connectivity index (χ0) is 21.1. The maximum absolute atomic E-state index is 12.3. The van der Waals surface area contributed by atoms with Gasteiger partial charge in [-0.15, -0.1) is 0 Å². The molecule has 1 atom stereocenters. The molecule has 1 unspecified atom stereocenters. The second kappa shape index (κ2) is 8.63. The number of fused-ring (bicyclic) bond motifs is 1. The molecule has 4 aromatic rings. The van der Waals surface area contributed by atoms with Crippen LogP contribution in [-0.2, 0) is 17.4 Å². The van der Waals surface area contributed by atoms with Crippen LogP contribution in [0.25, 0.3) is 22.2 Å². The molecule has 0 fully saturated rings. The Morgan fingerprint density at radius 2 is 1.87 bits per heavy atom. The van der Waals surface area contributed by atoms with Crippen LogP contribution >= 0.6 is 0 Å². The Labute approximate surface area is 178 Å². The maximum atomic E-state index is 12.3. The minimum Gasteiger partial charge on any atom is -0.354 e. The first-order valence-electron chi connectivity index (χ1n) is 9.87. The van der Waals surface area contributed by atoms with Crippen LogP contribution in [-0.4, -0.2) is 25.8 Å². The summed E-state index contributed by atoms with van der Waals surface area (Å²) < 4.78 is 14.1. The molecule has 0 spiro atoms. The van der Waals surface area contributed by atoms with Crippen molar-refractivity contribution in [3.63, 3.8) is 0 Å². The standard InChI is InChI=1S/C24H23N3O2S/c1-3-30(29)27-24(28)21-11-7-10-18(25-21)15-20-19-13-12-16(2)14-22(19)26-23(20)17-8-5-4-6-9-17/h4-14,26H,3,15H2,1-2H3,(H,27,28). The largest absolute Gasteiger partial charge is 0.354 e. The number of nitrogens with zero attached hydrogens (tertiary/aromatic N) is 1. The third-order valence-corrected chi connectivity index (χ3v) is 5.93. The summed E-state index contributed by atoms with van der Waals surface area (Å²) >= 11 is 0. The van der Waals surface area contributed by atoms with Crippen molar-refractivity contribution in [1.82, 2.24) is 14.7 Å². The van der Waals surface area contributed by atoms with Crippen LogP contribution in [0.2, 0.25) is 0 Å². The molecule has 0 aliphatic heterocycles. The molecule has 152 valence electrons. The van der Waals surface area contributed by atoms with Crippen molar-refractivity contribution in [1.29, 1.82) is 0 Å². The van der Waals surface area contributed by atoms with Gasteiger partial charge in [0.2, 0.25) is 0 Å². The minimum atomic E-state index is -1.39. The van der Waals surface area contributed by atoms with Gasteiger partial charge in [-0.05, 0) is 41.8 Å². The molecule has 2 aromatic carbocycles. The van der Waals surface area contributed by atoms with Gasteiger partial charge in [-0.2, -0.15) is 0 Å². The maximum Gasteiger partial charge on any atom is 0.281 e. The summed E-state index contributed by atoms with van der Waals surface area (Å²) in [5.41, 5.74) is 6.62. The van der Waals surface area contributed by atoms with Crippen LogP contribution in [0.4, 0.5) is 0 Å². The summed E-state index contributed by atoms with van der Waals surface area (Å²) in [5.74, 6) is -0.0597. The molecule has 2 N–H and O–H groups in total. The minimum absolute atomic E-state index is 0.270. The lowest BCUT2D eigenvalue weighted by molar-refractivity contribution is 0.0978. The van der Waals surface area contributed by atoms with Crippen LogP contribution < -0.4 is 4.72 Å². The highest BCUT2D eigenvalue weighted by atomic mass is 32.2. The van der Waals surface area contributed by atoms with E-state index in [0.717, 1.165) is 33.4 Å². The molecule has 2 aromatic heterocycles. The Hall–Kier alpha value is -3.25. The summed E-state index contributed by atoms with van der Waals surface area (Å²) in [6, 6.07) is 21.9. The van der Waals surface area contributed by atoms with Crippen molar-refractivity contribution in [2.75, 3.05) is 5.75 Å². The number of amides is 1. The lowest BCUT2D eigenvalue weighted by Crippen LogP contribution is -2.27.